The molecular weight excluding hydrogens is 1310 g/mol. The van der Waals surface area contributed by atoms with Crippen molar-refractivity contribution in [2.45, 2.75) is 220 Å². The van der Waals surface area contributed by atoms with Gasteiger partial charge in [-0.1, -0.05) is 0 Å². The van der Waals surface area contributed by atoms with Gasteiger partial charge in [0, 0.05) is 108 Å². The Hall–Kier alpha value is -4.36. The summed E-state index contributed by atoms with van der Waals surface area (Å²) in [5.74, 6) is 1.41. The fraction of sp³-hybridized carbons (Fsp3) is 0.734. The number of methoxy groups -OCH3 is 1. The number of hydrogen-bond acceptors (Lipinski definition) is 17. The van der Waals surface area contributed by atoms with Gasteiger partial charge in [0.25, 0.3) is 16.7 Å². The van der Waals surface area contributed by atoms with Crippen LogP contribution in [-0.2, 0) is 93.2 Å². The molecule has 0 aliphatic heterocycles. The van der Waals surface area contributed by atoms with Gasteiger partial charge < -0.3 is 73.0 Å². The van der Waals surface area contributed by atoms with E-state index in [2.05, 4.69) is 21.9 Å². The van der Waals surface area contributed by atoms with Crippen LogP contribution < -0.4 is 50.7 Å². The topological polar surface area (TPSA) is 333 Å². The van der Waals surface area contributed by atoms with Crippen LogP contribution in [0.4, 0.5) is 0 Å². The summed E-state index contributed by atoms with van der Waals surface area (Å²) in [6, 6.07) is 0. The average Bonchev–Trinajstić information content (AvgIpc) is 1.76. The predicted octanol–water partition coefficient (Wildman–Crippen LogP) is 0.953. The number of halogens is 1. The molecule has 0 bridgehead atoms. The smallest absolute Gasteiger partial charge is 1.00 e. The maximum Gasteiger partial charge on any atom is 2.00 e. The van der Waals surface area contributed by atoms with Crippen LogP contribution in [0.1, 0.15) is 165 Å². The van der Waals surface area contributed by atoms with E-state index in [1.54, 1.807) is 131 Å². The quantitative estimate of drug-likeness (QED) is 0.0667. The second-order valence-electron chi connectivity index (χ2n) is 26.1. The monoisotopic (exact) mass is 1420 g/mol. The summed E-state index contributed by atoms with van der Waals surface area (Å²) in [6.07, 6.45) is 18.6. The molecule has 0 atom stereocenters. The van der Waals surface area contributed by atoms with E-state index in [0.717, 1.165) is 103 Å². The molecule has 5 fully saturated rings. The third-order valence-corrected chi connectivity index (χ3v) is 17.0. The van der Waals surface area contributed by atoms with Crippen LogP contribution in [0.25, 0.3) is 33.5 Å². The van der Waals surface area contributed by atoms with Crippen molar-refractivity contribution in [3.63, 3.8) is 0 Å². The largest absolute Gasteiger partial charge is 2.00 e. The minimum Gasteiger partial charge on any atom is -1.00 e. The summed E-state index contributed by atoms with van der Waals surface area (Å²) in [4.78, 5) is 99.8. The van der Waals surface area contributed by atoms with Crippen LogP contribution in [0.5, 0.6) is 0 Å². The van der Waals surface area contributed by atoms with Crippen LogP contribution >= 0.6 is 0 Å². The van der Waals surface area contributed by atoms with Gasteiger partial charge in [0.05, 0.1) is 43.2 Å². The molecule has 5 aliphatic carbocycles. The molecule has 0 unspecified atom stereocenters. The SMILES string of the molecule is CC(C)O.CC(C)O.CC(C)O.CC(C)O.COC(=O)C1CCC(Cn2c(=O)c3c(ncn3C)n(C)c2=O)CC1.Cn1cnc2c1c(=O)n(CC1CCC(C3(O)CC3)CC1)c(=O)n2C.Cn1cnc2c1c(=O)n(CC1CCC(C3(O)CC3)CC1)c(=O)n2C.[Br-].[CH2-]C.[Mg+2].[Ti]. The zero-order chi connectivity index (χ0) is 67.9. The summed E-state index contributed by atoms with van der Waals surface area (Å²) >= 11 is 0. The molecule has 29 heteroatoms. The molecule has 0 radical (unpaired) electrons. The molecule has 0 spiro atoms. The summed E-state index contributed by atoms with van der Waals surface area (Å²) in [5, 5.41) is 52.7. The third kappa shape index (κ3) is 23.7. The van der Waals surface area contributed by atoms with E-state index in [9.17, 15) is 43.8 Å². The summed E-state index contributed by atoms with van der Waals surface area (Å²) in [6.45, 7) is 20.1. The fourth-order valence-corrected chi connectivity index (χ4v) is 12.0. The number of aromatic nitrogens is 12. The Kier molecular flexibility index (Phi) is 36.5. The maximum absolute atomic E-state index is 12.7. The number of aliphatic hydroxyl groups excluding tert-OH is 4. The number of carbonyl (C=O) groups is 1. The van der Waals surface area contributed by atoms with E-state index >= 15 is 0 Å². The van der Waals surface area contributed by atoms with E-state index in [-0.39, 0.29) is 138 Å². The first-order valence-electron chi connectivity index (χ1n) is 32.0. The molecule has 0 amide bonds. The van der Waals surface area contributed by atoms with Crippen LogP contribution in [0.2, 0.25) is 0 Å². The van der Waals surface area contributed by atoms with Crippen LogP contribution in [0.15, 0.2) is 47.7 Å². The van der Waals surface area contributed by atoms with E-state index in [0.29, 0.717) is 76.8 Å². The second kappa shape index (κ2) is 39.1. The van der Waals surface area contributed by atoms with Gasteiger partial charge in [0.2, 0.25) is 0 Å². The van der Waals surface area contributed by atoms with Crippen molar-refractivity contribution in [2.24, 2.45) is 77.8 Å². The summed E-state index contributed by atoms with van der Waals surface area (Å²) < 4.78 is 18.1. The van der Waals surface area contributed by atoms with Crippen LogP contribution in [0.3, 0.4) is 0 Å². The number of rotatable bonds is 9. The number of carbonyl (C=O) groups excluding carboxylic acids is 1. The Morgan fingerprint density at radius 1 is 0.484 bits per heavy atom. The van der Waals surface area contributed by atoms with Crippen LogP contribution in [0, 0.1) is 42.4 Å². The molecule has 5 saturated carbocycles. The Balaban J connectivity index is 0.000000607. The van der Waals surface area contributed by atoms with Crippen molar-refractivity contribution in [1.29, 1.82) is 0 Å². The van der Waals surface area contributed by atoms with Crippen molar-refractivity contribution < 1.29 is 78.9 Å². The van der Waals surface area contributed by atoms with Gasteiger partial charge >= 0.3 is 46.1 Å². The first-order chi connectivity index (χ1) is 42.2. The first kappa shape index (κ1) is 86.7. The molecule has 93 heavy (non-hydrogen) atoms. The molecule has 26 nitrogen and oxygen atoms in total. The molecule has 0 saturated heterocycles. The fourth-order valence-electron chi connectivity index (χ4n) is 12.0. The maximum atomic E-state index is 12.7. The molecule has 6 aromatic heterocycles. The number of aryl methyl sites for hydroxylation is 6. The zero-order valence-corrected chi connectivity index (χ0v) is 62.6. The Labute approximate surface area is 587 Å². The van der Waals surface area contributed by atoms with Crippen molar-refractivity contribution in [1.82, 2.24) is 56.1 Å². The Bertz CT molecular complexity index is 3460. The standard InChI is InChI=1S/2C17H24N4O3.C16H22N4O4.4C3H8O.C2H5.BrH.Mg.Ti/c2*1-19-10-18-14-13(19)15(22)21(16(23)20(14)2)9-11-3-5-12(6-4-11)17(24)7-8-17;1-18-9-17-13-12(18)14(21)20(16(23)19(13)2)8-10-4-6-11(7-5-10)15(22)24-3;4*1-3(2)4;1-2;;;/h2*10-12,24H,3-9H2,1-2H3;9-11H,4-8H2,1-3H3;4*3-4H,1-2H3;1H2,2H3;1H;;/q;;;;;;;-1;;+2;/p-1. The van der Waals surface area contributed by atoms with E-state index in [4.69, 9.17) is 25.2 Å². The summed E-state index contributed by atoms with van der Waals surface area (Å²) in [5.41, 5.74) is 0.0678. The molecule has 6 N–H and O–H groups in total. The van der Waals surface area contributed by atoms with Gasteiger partial charge in [-0.05, 0) is 188 Å². The number of hydrogen-bond donors (Lipinski definition) is 6. The van der Waals surface area contributed by atoms with Crippen molar-refractivity contribution in [2.75, 3.05) is 7.11 Å². The number of aliphatic hydroxyl groups is 6. The van der Waals surface area contributed by atoms with Gasteiger partial charge in [0.1, 0.15) is 0 Å². The Morgan fingerprint density at radius 3 is 0.903 bits per heavy atom. The molecular formula is C64H107BrMgN12O14Ti. The van der Waals surface area contributed by atoms with Gasteiger partial charge in [0.15, 0.2) is 33.5 Å². The van der Waals surface area contributed by atoms with Gasteiger partial charge in [-0.3, -0.25) is 46.6 Å². The number of ether oxygens (including phenoxy) is 1. The Morgan fingerprint density at radius 2 is 0.699 bits per heavy atom. The van der Waals surface area contributed by atoms with E-state index in [1.807, 2.05) is 0 Å². The molecule has 11 rings (SSSR count). The minimum atomic E-state index is -0.411. The number of imidazole rings is 3. The molecule has 5 aliphatic rings. The first-order valence-corrected chi connectivity index (χ1v) is 32.0. The molecule has 0 aromatic carbocycles. The number of fused-ring (bicyclic) bond motifs is 3. The minimum absolute atomic E-state index is 0. The average molecular weight is 1420 g/mol. The van der Waals surface area contributed by atoms with Crippen molar-refractivity contribution >= 4 is 62.5 Å². The predicted molar refractivity (Wildman–Crippen MR) is 354 cm³/mol. The second-order valence-corrected chi connectivity index (χ2v) is 26.1. The van der Waals surface area contributed by atoms with Gasteiger partial charge in [-0.2, -0.15) is 6.92 Å². The third-order valence-electron chi connectivity index (χ3n) is 17.0. The summed E-state index contributed by atoms with van der Waals surface area (Å²) in [7, 11) is 11.6. The molecule has 6 aromatic rings. The van der Waals surface area contributed by atoms with E-state index in [1.165, 1.54) is 40.8 Å². The normalized spacial score (nSPS) is 20.5. The molecule has 520 valence electrons. The number of esters is 1. The molecule has 6 heterocycles. The van der Waals surface area contributed by atoms with Crippen molar-refractivity contribution in [3.8, 4) is 0 Å². The van der Waals surface area contributed by atoms with Crippen LogP contribution in [-0.4, -0.2) is 158 Å². The number of nitrogens with zero attached hydrogens (tertiary/aromatic N) is 12. The van der Waals surface area contributed by atoms with E-state index < -0.39 is 11.2 Å². The zero-order valence-electron chi connectivity index (χ0n) is 58.0. The van der Waals surface area contributed by atoms with Gasteiger partial charge in [-0.15, -0.1) is 0 Å². The van der Waals surface area contributed by atoms with Gasteiger partial charge in [-0.25, -0.2) is 29.3 Å². The van der Waals surface area contributed by atoms with Crippen molar-refractivity contribution in [3.05, 3.63) is 88.4 Å².